The maximum Gasteiger partial charge on any atom is 0.249 e. The Labute approximate surface area is 336 Å². The molecule has 0 rings (SSSR count). The Hall–Kier alpha value is -0.950. The number of nitrogens with one attached hydrogen (secondary N) is 1. The Morgan fingerprint density at radius 1 is 0.444 bits per heavy atom. The maximum absolute atomic E-state index is 12.4. The predicted octanol–water partition coefficient (Wildman–Crippen LogP) is 13.0. The van der Waals surface area contributed by atoms with Crippen LogP contribution in [0.15, 0.2) is 12.2 Å². The zero-order chi connectivity index (χ0) is 39.6. The molecule has 6 heteroatoms. The summed E-state index contributed by atoms with van der Waals surface area (Å²) in [6, 6.07) is -0.977. The SMILES string of the molecule is CCCCCCCCCCCCCCCC/C=C\CCCCCCCCCCCCCCCCCCC(O)C(=O)NC(CO)C(O)C(O)CCCCCC. The summed E-state index contributed by atoms with van der Waals surface area (Å²) in [5.41, 5.74) is 0. The molecule has 0 saturated heterocycles. The van der Waals surface area contributed by atoms with Crippen LogP contribution in [0.3, 0.4) is 0 Å². The van der Waals surface area contributed by atoms with Crippen molar-refractivity contribution in [2.75, 3.05) is 6.61 Å². The van der Waals surface area contributed by atoms with E-state index in [0.29, 0.717) is 12.8 Å². The summed E-state index contributed by atoms with van der Waals surface area (Å²) in [5.74, 6) is -0.588. The maximum atomic E-state index is 12.4. The van der Waals surface area contributed by atoms with E-state index in [1.807, 2.05) is 0 Å². The number of rotatable bonds is 44. The number of carbonyl (C=O) groups excluding carboxylic acids is 1. The average molecular weight is 766 g/mol. The third-order valence-electron chi connectivity index (χ3n) is 11.5. The number of aliphatic hydroxyl groups excluding tert-OH is 4. The summed E-state index contributed by atoms with van der Waals surface area (Å²) in [6.45, 7) is 3.92. The largest absolute Gasteiger partial charge is 0.394 e. The number of amides is 1. The van der Waals surface area contributed by atoms with Gasteiger partial charge in [-0.3, -0.25) is 4.79 Å². The molecule has 1 amide bonds. The minimum absolute atomic E-state index is 0.372. The highest BCUT2D eigenvalue weighted by atomic mass is 16.3. The van der Waals surface area contributed by atoms with Crippen molar-refractivity contribution in [3.63, 3.8) is 0 Å². The Kier molecular flexibility index (Phi) is 42.4. The van der Waals surface area contributed by atoms with Crippen LogP contribution < -0.4 is 5.32 Å². The summed E-state index contributed by atoms with van der Waals surface area (Å²) in [5, 5.41) is 43.0. The molecule has 54 heavy (non-hydrogen) atoms. The molecule has 0 aromatic heterocycles. The molecule has 6 nitrogen and oxygen atoms in total. The molecule has 4 unspecified atom stereocenters. The van der Waals surface area contributed by atoms with Gasteiger partial charge in [0.05, 0.1) is 18.8 Å². The molecule has 0 aliphatic rings. The van der Waals surface area contributed by atoms with Gasteiger partial charge in [-0.05, 0) is 38.5 Å². The first-order chi connectivity index (χ1) is 26.5. The van der Waals surface area contributed by atoms with Crippen molar-refractivity contribution in [3.05, 3.63) is 12.2 Å². The van der Waals surface area contributed by atoms with Crippen LogP contribution in [0, 0.1) is 0 Å². The Morgan fingerprint density at radius 2 is 0.741 bits per heavy atom. The van der Waals surface area contributed by atoms with Crippen LogP contribution in [0.2, 0.25) is 0 Å². The molecule has 0 aliphatic heterocycles. The first-order valence-corrected chi connectivity index (χ1v) is 24.1. The van der Waals surface area contributed by atoms with E-state index in [4.69, 9.17) is 0 Å². The summed E-state index contributed by atoms with van der Waals surface area (Å²) < 4.78 is 0. The molecular weight excluding hydrogens is 671 g/mol. The van der Waals surface area contributed by atoms with E-state index in [9.17, 15) is 25.2 Å². The van der Waals surface area contributed by atoms with Crippen molar-refractivity contribution in [2.24, 2.45) is 0 Å². The fourth-order valence-electron chi connectivity index (χ4n) is 7.64. The summed E-state index contributed by atoms with van der Waals surface area (Å²) in [6.07, 6.45) is 49.3. The number of hydrogen-bond acceptors (Lipinski definition) is 5. The summed E-state index contributed by atoms with van der Waals surface area (Å²) >= 11 is 0. The zero-order valence-corrected chi connectivity index (χ0v) is 36.2. The normalized spacial score (nSPS) is 14.1. The zero-order valence-electron chi connectivity index (χ0n) is 36.2. The predicted molar refractivity (Wildman–Crippen MR) is 233 cm³/mol. The third kappa shape index (κ3) is 36.7. The second-order valence-electron chi connectivity index (χ2n) is 16.8. The van der Waals surface area contributed by atoms with Crippen molar-refractivity contribution in [1.29, 1.82) is 0 Å². The van der Waals surface area contributed by atoms with E-state index in [-0.39, 0.29) is 0 Å². The lowest BCUT2D eigenvalue weighted by Crippen LogP contribution is -2.53. The minimum Gasteiger partial charge on any atom is -0.394 e. The molecule has 0 heterocycles. The third-order valence-corrected chi connectivity index (χ3v) is 11.5. The van der Waals surface area contributed by atoms with Gasteiger partial charge < -0.3 is 25.7 Å². The summed E-state index contributed by atoms with van der Waals surface area (Å²) in [7, 11) is 0. The second kappa shape index (κ2) is 43.2. The van der Waals surface area contributed by atoms with Gasteiger partial charge in [0, 0.05) is 0 Å². The first kappa shape index (κ1) is 53.0. The molecule has 0 aromatic rings. The highest BCUT2D eigenvalue weighted by Crippen LogP contribution is 2.17. The van der Waals surface area contributed by atoms with Crippen LogP contribution in [0.1, 0.15) is 258 Å². The lowest BCUT2D eigenvalue weighted by atomic mass is 9.99. The van der Waals surface area contributed by atoms with E-state index in [2.05, 4.69) is 31.3 Å². The molecule has 0 bridgehead atoms. The first-order valence-electron chi connectivity index (χ1n) is 24.1. The standard InChI is InChI=1S/C48H95NO5/c1-3-5-7-9-10-11-12-13-14-15-16-17-18-19-20-21-22-23-24-25-26-27-28-29-30-31-32-33-34-35-36-37-38-40-42-46(52)48(54)49-44(43-50)47(53)45(51)41-39-8-6-4-2/h21-22,44-47,50-53H,3-20,23-43H2,1-2H3,(H,49,54)/b22-21-. The van der Waals surface area contributed by atoms with Gasteiger partial charge in [-0.1, -0.05) is 231 Å². The van der Waals surface area contributed by atoms with Gasteiger partial charge in [0.15, 0.2) is 0 Å². The van der Waals surface area contributed by atoms with Gasteiger partial charge >= 0.3 is 0 Å². The lowest BCUT2D eigenvalue weighted by molar-refractivity contribution is -0.132. The van der Waals surface area contributed by atoms with E-state index in [0.717, 1.165) is 44.9 Å². The van der Waals surface area contributed by atoms with Gasteiger partial charge in [0.2, 0.25) is 5.91 Å². The molecule has 4 atom stereocenters. The van der Waals surface area contributed by atoms with Gasteiger partial charge in [-0.2, -0.15) is 0 Å². The van der Waals surface area contributed by atoms with Crippen LogP contribution in [-0.2, 0) is 4.79 Å². The second-order valence-corrected chi connectivity index (χ2v) is 16.8. The summed E-state index contributed by atoms with van der Waals surface area (Å²) in [4.78, 5) is 12.4. The molecule has 0 spiro atoms. The van der Waals surface area contributed by atoms with Crippen molar-refractivity contribution in [3.8, 4) is 0 Å². The van der Waals surface area contributed by atoms with Crippen molar-refractivity contribution < 1.29 is 25.2 Å². The Bertz CT molecular complexity index is 776. The number of aliphatic hydroxyl groups is 4. The fraction of sp³-hybridized carbons (Fsp3) is 0.938. The van der Waals surface area contributed by atoms with Crippen LogP contribution in [0.25, 0.3) is 0 Å². The molecule has 0 saturated carbocycles. The van der Waals surface area contributed by atoms with Crippen molar-refractivity contribution in [2.45, 2.75) is 282 Å². The van der Waals surface area contributed by atoms with Crippen molar-refractivity contribution >= 4 is 5.91 Å². The molecule has 5 N–H and O–H groups in total. The number of carbonyl (C=O) groups is 1. The Morgan fingerprint density at radius 3 is 1.09 bits per heavy atom. The van der Waals surface area contributed by atoms with Crippen LogP contribution in [0.4, 0.5) is 0 Å². The monoisotopic (exact) mass is 766 g/mol. The quantitative estimate of drug-likeness (QED) is 0.0313. The molecule has 322 valence electrons. The highest BCUT2D eigenvalue weighted by molar-refractivity contribution is 5.80. The Balaban J connectivity index is 3.42. The average Bonchev–Trinajstić information content (AvgIpc) is 3.18. The fourth-order valence-corrected chi connectivity index (χ4v) is 7.64. The number of hydrogen-bond donors (Lipinski definition) is 5. The smallest absolute Gasteiger partial charge is 0.249 e. The molecular formula is C48H95NO5. The molecule has 0 radical (unpaired) electrons. The minimum atomic E-state index is -1.25. The van der Waals surface area contributed by atoms with E-state index >= 15 is 0 Å². The van der Waals surface area contributed by atoms with Gasteiger partial charge in [-0.25, -0.2) is 0 Å². The van der Waals surface area contributed by atoms with Gasteiger partial charge in [-0.15, -0.1) is 0 Å². The molecule has 0 aliphatic carbocycles. The van der Waals surface area contributed by atoms with Gasteiger partial charge in [0.25, 0.3) is 0 Å². The topological polar surface area (TPSA) is 110 Å². The molecule has 0 fully saturated rings. The van der Waals surface area contributed by atoms with E-state index in [1.165, 1.54) is 186 Å². The lowest BCUT2D eigenvalue weighted by Gasteiger charge is -2.27. The van der Waals surface area contributed by atoms with Crippen molar-refractivity contribution in [1.82, 2.24) is 5.32 Å². The van der Waals surface area contributed by atoms with Crippen LogP contribution in [-0.4, -0.2) is 57.3 Å². The van der Waals surface area contributed by atoms with Crippen LogP contribution in [0.5, 0.6) is 0 Å². The molecule has 0 aromatic carbocycles. The highest BCUT2D eigenvalue weighted by Gasteiger charge is 2.28. The number of allylic oxidation sites excluding steroid dienone is 2. The van der Waals surface area contributed by atoms with Gasteiger partial charge in [0.1, 0.15) is 12.2 Å². The van der Waals surface area contributed by atoms with Crippen LogP contribution >= 0.6 is 0 Å². The van der Waals surface area contributed by atoms with E-state index < -0.39 is 36.9 Å². The number of unbranched alkanes of at least 4 members (excludes halogenated alkanes) is 33. The van der Waals surface area contributed by atoms with E-state index in [1.54, 1.807) is 0 Å².